The Bertz CT molecular complexity index is 182. The van der Waals surface area contributed by atoms with Gasteiger partial charge in [-0.05, 0) is 18.9 Å². The molecule has 0 aromatic heterocycles. The summed E-state index contributed by atoms with van der Waals surface area (Å²) < 4.78 is 5.26. The minimum absolute atomic E-state index is 0.0227. The van der Waals surface area contributed by atoms with Crippen LogP contribution in [0.4, 0.5) is 0 Å². The average Bonchev–Trinajstić information content (AvgIpc) is 2.19. The average molecular weight is 230 g/mol. The number of amides is 1. The zero-order valence-corrected chi connectivity index (χ0v) is 11.0. The van der Waals surface area contributed by atoms with Gasteiger partial charge >= 0.3 is 0 Å². The van der Waals surface area contributed by atoms with Crippen molar-refractivity contribution in [1.29, 1.82) is 0 Å². The Morgan fingerprint density at radius 2 is 1.94 bits per heavy atom. The first kappa shape index (κ1) is 15.4. The van der Waals surface area contributed by atoms with Crippen LogP contribution in [-0.4, -0.2) is 38.3 Å². The molecular weight excluding hydrogens is 204 g/mol. The number of hydrogen-bond donors (Lipinski definition) is 2. The van der Waals surface area contributed by atoms with E-state index in [-0.39, 0.29) is 12.5 Å². The molecule has 0 aliphatic heterocycles. The summed E-state index contributed by atoms with van der Waals surface area (Å²) in [6.07, 6.45) is 0.940. The largest absolute Gasteiger partial charge is 0.372 e. The Morgan fingerprint density at radius 3 is 2.50 bits per heavy atom. The normalized spacial score (nSPS) is 11.1. The minimum Gasteiger partial charge on any atom is -0.372 e. The van der Waals surface area contributed by atoms with Crippen LogP contribution in [0.3, 0.4) is 0 Å². The standard InChI is InChI=1S/C12H26N2O2/c1-10(2)8-14-12(15)9-16-7-5-6-13-11(3)4/h10-11,13H,5-9H2,1-4H3,(H,14,15). The Labute approximate surface area is 99.1 Å². The quantitative estimate of drug-likeness (QED) is 0.584. The molecule has 16 heavy (non-hydrogen) atoms. The molecule has 0 spiro atoms. The van der Waals surface area contributed by atoms with E-state index in [1.54, 1.807) is 0 Å². The Morgan fingerprint density at radius 1 is 1.25 bits per heavy atom. The number of nitrogens with one attached hydrogen (secondary N) is 2. The lowest BCUT2D eigenvalue weighted by Gasteiger charge is -2.09. The molecule has 0 aliphatic carbocycles. The zero-order valence-electron chi connectivity index (χ0n) is 11.0. The second-order valence-corrected chi connectivity index (χ2v) is 4.71. The van der Waals surface area contributed by atoms with Crippen molar-refractivity contribution in [2.75, 3.05) is 26.3 Å². The molecule has 4 nitrogen and oxygen atoms in total. The Hall–Kier alpha value is -0.610. The van der Waals surface area contributed by atoms with Crippen LogP contribution in [0.5, 0.6) is 0 Å². The number of carbonyl (C=O) groups excluding carboxylic acids is 1. The van der Waals surface area contributed by atoms with Crippen LogP contribution in [0.15, 0.2) is 0 Å². The van der Waals surface area contributed by atoms with Crippen LogP contribution < -0.4 is 10.6 Å². The second kappa shape index (κ2) is 9.60. The first-order valence-electron chi connectivity index (χ1n) is 6.10. The molecule has 0 saturated carbocycles. The fraction of sp³-hybridized carbons (Fsp3) is 0.917. The third-order valence-electron chi connectivity index (χ3n) is 1.96. The van der Waals surface area contributed by atoms with Crippen molar-refractivity contribution in [3.8, 4) is 0 Å². The lowest BCUT2D eigenvalue weighted by atomic mass is 10.2. The first-order chi connectivity index (χ1) is 7.52. The Kier molecular flexibility index (Phi) is 9.24. The highest BCUT2D eigenvalue weighted by atomic mass is 16.5. The second-order valence-electron chi connectivity index (χ2n) is 4.71. The monoisotopic (exact) mass is 230 g/mol. The van der Waals surface area contributed by atoms with Gasteiger partial charge < -0.3 is 15.4 Å². The highest BCUT2D eigenvalue weighted by Gasteiger charge is 2.01. The van der Waals surface area contributed by atoms with E-state index in [2.05, 4.69) is 38.3 Å². The van der Waals surface area contributed by atoms with E-state index < -0.39 is 0 Å². The predicted molar refractivity (Wildman–Crippen MR) is 66.4 cm³/mol. The summed E-state index contributed by atoms with van der Waals surface area (Å²) in [6, 6.07) is 0.509. The Balaban J connectivity index is 3.21. The topological polar surface area (TPSA) is 50.4 Å². The van der Waals surface area contributed by atoms with Gasteiger partial charge in [0.2, 0.25) is 5.91 Å². The van der Waals surface area contributed by atoms with Crippen molar-refractivity contribution >= 4 is 5.91 Å². The molecule has 0 heterocycles. The molecule has 0 aromatic carbocycles. The summed E-state index contributed by atoms with van der Waals surface area (Å²) in [5.41, 5.74) is 0. The van der Waals surface area contributed by atoms with Crippen molar-refractivity contribution in [3.63, 3.8) is 0 Å². The van der Waals surface area contributed by atoms with Crippen molar-refractivity contribution in [2.24, 2.45) is 5.92 Å². The van der Waals surface area contributed by atoms with Crippen LogP contribution in [-0.2, 0) is 9.53 Å². The SMILES string of the molecule is CC(C)CNC(=O)COCCCNC(C)C. The van der Waals surface area contributed by atoms with Crippen molar-refractivity contribution in [2.45, 2.75) is 40.2 Å². The molecule has 0 saturated heterocycles. The molecule has 0 atom stereocenters. The van der Waals surface area contributed by atoms with E-state index in [1.165, 1.54) is 0 Å². The smallest absolute Gasteiger partial charge is 0.246 e. The van der Waals surface area contributed by atoms with E-state index in [9.17, 15) is 4.79 Å². The number of ether oxygens (including phenoxy) is 1. The molecule has 1 amide bonds. The van der Waals surface area contributed by atoms with Gasteiger partial charge in [0.05, 0.1) is 0 Å². The lowest BCUT2D eigenvalue weighted by molar-refractivity contribution is -0.125. The van der Waals surface area contributed by atoms with Crippen LogP contribution in [0.1, 0.15) is 34.1 Å². The fourth-order valence-corrected chi connectivity index (χ4v) is 1.10. The van der Waals surface area contributed by atoms with Crippen LogP contribution in [0, 0.1) is 5.92 Å². The first-order valence-corrected chi connectivity index (χ1v) is 6.10. The molecule has 0 unspecified atom stereocenters. The fourth-order valence-electron chi connectivity index (χ4n) is 1.10. The predicted octanol–water partition coefficient (Wildman–Crippen LogP) is 1.16. The molecule has 0 fully saturated rings. The maximum Gasteiger partial charge on any atom is 0.246 e. The third kappa shape index (κ3) is 11.5. The molecule has 0 rings (SSSR count). The molecule has 96 valence electrons. The number of hydrogen-bond acceptors (Lipinski definition) is 3. The summed E-state index contributed by atoms with van der Waals surface area (Å²) in [6.45, 7) is 10.8. The molecule has 0 radical (unpaired) electrons. The van der Waals surface area contributed by atoms with Gasteiger partial charge in [-0.2, -0.15) is 0 Å². The summed E-state index contributed by atoms with van der Waals surface area (Å²) in [7, 11) is 0. The third-order valence-corrected chi connectivity index (χ3v) is 1.96. The van der Waals surface area contributed by atoms with Crippen LogP contribution in [0.25, 0.3) is 0 Å². The summed E-state index contributed by atoms with van der Waals surface area (Å²) in [5, 5.41) is 6.10. The van der Waals surface area contributed by atoms with Gasteiger partial charge in [-0.25, -0.2) is 0 Å². The number of rotatable bonds is 9. The molecular formula is C12H26N2O2. The molecule has 4 heteroatoms. The van der Waals surface area contributed by atoms with Crippen molar-refractivity contribution < 1.29 is 9.53 Å². The van der Waals surface area contributed by atoms with E-state index in [0.717, 1.165) is 19.5 Å². The molecule has 0 bridgehead atoms. The van der Waals surface area contributed by atoms with E-state index in [1.807, 2.05) is 0 Å². The van der Waals surface area contributed by atoms with E-state index >= 15 is 0 Å². The highest BCUT2D eigenvalue weighted by Crippen LogP contribution is 1.88. The summed E-state index contributed by atoms with van der Waals surface area (Å²) >= 11 is 0. The molecule has 0 aliphatic rings. The van der Waals surface area contributed by atoms with Crippen LogP contribution in [0.2, 0.25) is 0 Å². The summed E-state index contributed by atoms with van der Waals surface area (Å²) in [5.74, 6) is 0.463. The van der Waals surface area contributed by atoms with Crippen molar-refractivity contribution in [1.82, 2.24) is 10.6 Å². The number of carbonyl (C=O) groups is 1. The van der Waals surface area contributed by atoms with Crippen molar-refractivity contribution in [3.05, 3.63) is 0 Å². The van der Waals surface area contributed by atoms with E-state index in [0.29, 0.717) is 18.6 Å². The minimum atomic E-state index is -0.0227. The maximum atomic E-state index is 11.2. The van der Waals surface area contributed by atoms with Gasteiger partial charge in [0.1, 0.15) is 6.61 Å². The molecule has 0 aromatic rings. The summed E-state index contributed by atoms with van der Waals surface area (Å²) in [4.78, 5) is 11.2. The van der Waals surface area contributed by atoms with Gasteiger partial charge in [-0.3, -0.25) is 4.79 Å². The van der Waals surface area contributed by atoms with Gasteiger partial charge in [0, 0.05) is 19.2 Å². The van der Waals surface area contributed by atoms with Gasteiger partial charge in [-0.15, -0.1) is 0 Å². The van der Waals surface area contributed by atoms with Gasteiger partial charge in [0.15, 0.2) is 0 Å². The lowest BCUT2D eigenvalue weighted by Crippen LogP contribution is -2.31. The van der Waals surface area contributed by atoms with Gasteiger partial charge in [0.25, 0.3) is 0 Å². The highest BCUT2D eigenvalue weighted by molar-refractivity contribution is 5.77. The molecule has 2 N–H and O–H groups in total. The van der Waals surface area contributed by atoms with E-state index in [4.69, 9.17) is 4.74 Å². The van der Waals surface area contributed by atoms with Gasteiger partial charge in [-0.1, -0.05) is 27.7 Å². The maximum absolute atomic E-state index is 11.2. The zero-order chi connectivity index (χ0) is 12.4. The van der Waals surface area contributed by atoms with Crippen LogP contribution >= 0.6 is 0 Å².